The number of fused-ring (bicyclic) bond motifs is 1. The third kappa shape index (κ3) is 3.09. The Labute approximate surface area is 123 Å². The second-order valence-corrected chi connectivity index (χ2v) is 5.29. The van der Waals surface area contributed by atoms with Crippen molar-refractivity contribution in [1.82, 2.24) is 0 Å². The van der Waals surface area contributed by atoms with E-state index >= 15 is 0 Å². The highest BCUT2D eigenvalue weighted by Gasteiger charge is 2.17. The summed E-state index contributed by atoms with van der Waals surface area (Å²) in [6.07, 6.45) is 3.37. The minimum atomic E-state index is -1.71. The number of benzene rings is 2. The number of hydrogen-bond acceptors (Lipinski definition) is 3. The largest absolute Gasteiger partial charge is 0.489 e. The van der Waals surface area contributed by atoms with Crippen molar-refractivity contribution in [2.75, 3.05) is 0 Å². The minimum Gasteiger partial charge on any atom is -0.489 e. The highest BCUT2D eigenvalue weighted by atomic mass is 19.1. The zero-order chi connectivity index (χ0) is 14.8. The van der Waals surface area contributed by atoms with Gasteiger partial charge in [0.15, 0.2) is 0 Å². The molecule has 5 heteroatoms. The van der Waals surface area contributed by atoms with E-state index in [2.05, 4.69) is 6.07 Å². The van der Waals surface area contributed by atoms with Gasteiger partial charge in [-0.3, -0.25) is 0 Å². The van der Waals surface area contributed by atoms with Crippen LogP contribution in [0.1, 0.15) is 23.1 Å². The SMILES string of the molecule is OB(O)c1cc(F)ccc1COc1ccc2c(c1)CCC2. The van der Waals surface area contributed by atoms with Crippen molar-refractivity contribution in [2.24, 2.45) is 0 Å². The smallest absolute Gasteiger partial charge is 0.488 e. The topological polar surface area (TPSA) is 49.7 Å². The van der Waals surface area contributed by atoms with E-state index in [9.17, 15) is 14.4 Å². The molecule has 3 rings (SSSR count). The Morgan fingerprint density at radius 3 is 2.67 bits per heavy atom. The number of aryl methyl sites for hydroxylation is 2. The molecule has 108 valence electrons. The second kappa shape index (κ2) is 5.88. The van der Waals surface area contributed by atoms with Crippen LogP contribution < -0.4 is 10.2 Å². The molecule has 2 aromatic rings. The van der Waals surface area contributed by atoms with Gasteiger partial charge in [0.25, 0.3) is 0 Å². The van der Waals surface area contributed by atoms with Crippen LogP contribution in [0.15, 0.2) is 36.4 Å². The Hall–Kier alpha value is -1.85. The first kappa shape index (κ1) is 14.1. The third-order valence-electron chi connectivity index (χ3n) is 3.85. The van der Waals surface area contributed by atoms with Gasteiger partial charge in [0.1, 0.15) is 18.2 Å². The summed E-state index contributed by atoms with van der Waals surface area (Å²) in [5, 5.41) is 18.6. The summed E-state index contributed by atoms with van der Waals surface area (Å²) >= 11 is 0. The van der Waals surface area contributed by atoms with Gasteiger partial charge in [-0.25, -0.2) is 4.39 Å². The van der Waals surface area contributed by atoms with Gasteiger partial charge in [-0.2, -0.15) is 0 Å². The highest BCUT2D eigenvalue weighted by Crippen LogP contribution is 2.26. The molecule has 0 saturated heterocycles. The molecule has 0 spiro atoms. The van der Waals surface area contributed by atoms with Crippen molar-refractivity contribution in [3.05, 3.63) is 58.9 Å². The van der Waals surface area contributed by atoms with Crippen LogP contribution in [0.25, 0.3) is 0 Å². The van der Waals surface area contributed by atoms with E-state index in [1.54, 1.807) is 0 Å². The number of halogens is 1. The maximum absolute atomic E-state index is 13.2. The molecule has 0 unspecified atom stereocenters. The van der Waals surface area contributed by atoms with Gasteiger partial charge in [-0.15, -0.1) is 0 Å². The molecule has 0 atom stereocenters. The lowest BCUT2D eigenvalue weighted by Crippen LogP contribution is -2.34. The molecule has 0 fully saturated rings. The molecular formula is C16H16BFO3. The summed E-state index contributed by atoms with van der Waals surface area (Å²) < 4.78 is 18.9. The van der Waals surface area contributed by atoms with Gasteiger partial charge in [0.05, 0.1) is 0 Å². The van der Waals surface area contributed by atoms with Crippen molar-refractivity contribution < 1.29 is 19.2 Å². The van der Waals surface area contributed by atoms with E-state index in [-0.39, 0.29) is 12.1 Å². The van der Waals surface area contributed by atoms with Gasteiger partial charge in [0, 0.05) is 0 Å². The van der Waals surface area contributed by atoms with Crippen LogP contribution in [0.4, 0.5) is 4.39 Å². The van der Waals surface area contributed by atoms with Gasteiger partial charge < -0.3 is 14.8 Å². The van der Waals surface area contributed by atoms with Crippen LogP contribution in [0.2, 0.25) is 0 Å². The fourth-order valence-electron chi connectivity index (χ4n) is 2.74. The Balaban J connectivity index is 1.76. The van der Waals surface area contributed by atoms with Crippen LogP contribution >= 0.6 is 0 Å². The molecule has 1 aliphatic rings. The van der Waals surface area contributed by atoms with Crippen molar-refractivity contribution >= 4 is 12.6 Å². The summed E-state index contributed by atoms with van der Waals surface area (Å²) in [4.78, 5) is 0. The van der Waals surface area contributed by atoms with E-state index in [4.69, 9.17) is 4.74 Å². The van der Waals surface area contributed by atoms with Crippen molar-refractivity contribution in [3.8, 4) is 5.75 Å². The third-order valence-corrected chi connectivity index (χ3v) is 3.85. The molecular weight excluding hydrogens is 270 g/mol. The Kier molecular flexibility index (Phi) is 3.95. The molecule has 2 aromatic carbocycles. The van der Waals surface area contributed by atoms with E-state index in [0.717, 1.165) is 24.7 Å². The second-order valence-electron chi connectivity index (χ2n) is 5.29. The number of hydrogen-bond donors (Lipinski definition) is 2. The lowest BCUT2D eigenvalue weighted by molar-refractivity contribution is 0.306. The molecule has 21 heavy (non-hydrogen) atoms. The minimum absolute atomic E-state index is 0.135. The highest BCUT2D eigenvalue weighted by molar-refractivity contribution is 6.59. The Bertz CT molecular complexity index is 658. The molecule has 1 aliphatic carbocycles. The molecule has 0 saturated carbocycles. The average Bonchev–Trinajstić information content (AvgIpc) is 2.93. The van der Waals surface area contributed by atoms with Crippen LogP contribution in [0, 0.1) is 5.82 Å². The molecule has 0 radical (unpaired) electrons. The van der Waals surface area contributed by atoms with E-state index in [1.807, 2.05) is 12.1 Å². The van der Waals surface area contributed by atoms with Crippen molar-refractivity contribution in [1.29, 1.82) is 0 Å². The maximum atomic E-state index is 13.2. The van der Waals surface area contributed by atoms with E-state index in [1.165, 1.54) is 29.7 Å². The fraction of sp³-hybridized carbons (Fsp3) is 0.250. The molecule has 2 N–H and O–H groups in total. The number of rotatable bonds is 4. The fourth-order valence-corrected chi connectivity index (χ4v) is 2.74. The summed E-state index contributed by atoms with van der Waals surface area (Å²) in [7, 11) is -1.71. The zero-order valence-electron chi connectivity index (χ0n) is 11.6. The average molecular weight is 286 g/mol. The first-order chi connectivity index (χ1) is 10.1. The van der Waals surface area contributed by atoms with Gasteiger partial charge in [-0.1, -0.05) is 12.1 Å². The first-order valence-corrected chi connectivity index (χ1v) is 7.02. The predicted molar refractivity (Wildman–Crippen MR) is 79.0 cm³/mol. The summed E-state index contributed by atoms with van der Waals surface area (Å²) in [5.41, 5.74) is 3.38. The van der Waals surface area contributed by atoms with Crippen LogP contribution in [-0.4, -0.2) is 17.2 Å². The summed E-state index contributed by atoms with van der Waals surface area (Å²) in [5.74, 6) is 0.248. The van der Waals surface area contributed by atoms with E-state index < -0.39 is 12.9 Å². The molecule has 3 nitrogen and oxygen atoms in total. The Morgan fingerprint density at radius 1 is 1.05 bits per heavy atom. The lowest BCUT2D eigenvalue weighted by Gasteiger charge is -2.12. The molecule has 0 bridgehead atoms. The lowest BCUT2D eigenvalue weighted by atomic mass is 9.77. The van der Waals surface area contributed by atoms with Gasteiger partial charge >= 0.3 is 7.12 Å². The van der Waals surface area contributed by atoms with Crippen LogP contribution in [0.5, 0.6) is 5.75 Å². The standard InChI is InChI=1S/C16H16BFO3/c18-14-6-4-13(16(9-14)17(19)20)10-21-15-7-5-11-2-1-3-12(11)8-15/h4-9,19-20H,1-3,10H2. The summed E-state index contributed by atoms with van der Waals surface area (Å²) in [6.45, 7) is 0.173. The zero-order valence-corrected chi connectivity index (χ0v) is 11.6. The molecule has 0 heterocycles. The molecule has 0 aromatic heterocycles. The van der Waals surface area contributed by atoms with Crippen LogP contribution in [-0.2, 0) is 19.4 Å². The van der Waals surface area contributed by atoms with Crippen LogP contribution in [0.3, 0.4) is 0 Å². The Morgan fingerprint density at radius 2 is 1.86 bits per heavy atom. The number of ether oxygens (including phenoxy) is 1. The predicted octanol–water partition coefficient (Wildman–Crippen LogP) is 1.57. The molecule has 0 aliphatic heterocycles. The van der Waals surface area contributed by atoms with Gasteiger partial charge in [0.2, 0.25) is 0 Å². The van der Waals surface area contributed by atoms with Crippen molar-refractivity contribution in [2.45, 2.75) is 25.9 Å². The monoisotopic (exact) mass is 286 g/mol. The normalized spacial score (nSPS) is 13.1. The maximum Gasteiger partial charge on any atom is 0.488 e. The van der Waals surface area contributed by atoms with Gasteiger partial charge in [-0.05, 0) is 65.7 Å². The van der Waals surface area contributed by atoms with E-state index in [0.29, 0.717) is 5.56 Å². The van der Waals surface area contributed by atoms with Crippen molar-refractivity contribution in [3.63, 3.8) is 0 Å². The quantitative estimate of drug-likeness (QED) is 0.839. The molecule has 0 amide bonds. The first-order valence-electron chi connectivity index (χ1n) is 7.02. The summed E-state index contributed by atoms with van der Waals surface area (Å²) in [6, 6.07) is 9.94.